The molecule has 10 rings (SSSR count). The number of nitrogens with zero attached hydrogens (tertiary/aromatic N) is 7. The van der Waals surface area contributed by atoms with Gasteiger partial charge in [-0.2, -0.15) is 52.7 Å². The molecule has 0 aliphatic carbocycles. The zero-order chi connectivity index (χ0) is 95.8. The van der Waals surface area contributed by atoms with Gasteiger partial charge in [-0.1, -0.05) is 48.5 Å². The molecule has 0 aliphatic rings. The average Bonchev–Trinajstić information content (AvgIpc) is 1.62. The van der Waals surface area contributed by atoms with Crippen LogP contribution in [0.2, 0.25) is 0 Å². The predicted octanol–water partition coefficient (Wildman–Crippen LogP) is 20.1. The summed E-state index contributed by atoms with van der Waals surface area (Å²) in [6, 6.07) is 42.9. The van der Waals surface area contributed by atoms with Gasteiger partial charge in [-0.3, -0.25) is 45.4 Å². The van der Waals surface area contributed by atoms with Crippen LogP contribution in [0.15, 0.2) is 203 Å². The summed E-state index contributed by atoms with van der Waals surface area (Å²) in [6.07, 6.45) is -19.5. The smallest absolute Gasteiger partial charge is 0.416 e. The van der Waals surface area contributed by atoms with Crippen molar-refractivity contribution >= 4 is 87.5 Å². The van der Waals surface area contributed by atoms with Crippen molar-refractivity contribution in [1.29, 1.82) is 0 Å². The highest BCUT2D eigenvalue weighted by Gasteiger charge is 2.36. The molecule has 0 saturated heterocycles. The number of benzene rings is 8. The summed E-state index contributed by atoms with van der Waals surface area (Å²) in [7, 11) is 6.15. The monoisotopic (exact) mass is 1800 g/mol. The first-order valence-corrected chi connectivity index (χ1v) is 38.7. The van der Waals surface area contributed by atoms with E-state index in [0.29, 0.717) is 74.0 Å². The van der Waals surface area contributed by atoms with Gasteiger partial charge in [0.2, 0.25) is 23.6 Å². The number of hydrogen-bond acceptors (Lipinski definition) is 22. The van der Waals surface area contributed by atoms with Gasteiger partial charge in [-0.15, -0.1) is 20.4 Å². The molecule has 11 N–H and O–H groups in total. The fraction of sp³-hybridized carbons (Fsp3) is 0.322. The molecule has 0 bridgehead atoms. The van der Waals surface area contributed by atoms with E-state index in [-0.39, 0.29) is 23.4 Å². The molecule has 4 unspecified atom stereocenters. The van der Waals surface area contributed by atoms with Crippen molar-refractivity contribution in [2.24, 2.45) is 5.84 Å². The van der Waals surface area contributed by atoms with Crippen LogP contribution in [0.25, 0.3) is 22.9 Å². The number of aromatic nitrogens is 4. The Kier molecular flexibility index (Phi) is 35.5. The summed E-state index contributed by atoms with van der Waals surface area (Å²) >= 11 is 0. The molecule has 6 amide bonds. The van der Waals surface area contributed by atoms with E-state index < -0.39 is 124 Å². The molecule has 4 atom stereocenters. The molecule has 29 nitrogen and oxygen atoms in total. The van der Waals surface area contributed by atoms with Crippen LogP contribution in [0, 0.1) is 0 Å². The Morgan fingerprint density at radius 1 is 0.383 bits per heavy atom. The number of carboxylic acids is 1. The van der Waals surface area contributed by atoms with Gasteiger partial charge in [-0.05, 0) is 243 Å². The van der Waals surface area contributed by atoms with E-state index in [0.717, 1.165) is 58.3 Å². The Bertz CT molecular complexity index is 5350. The van der Waals surface area contributed by atoms with E-state index in [1.807, 2.05) is 24.5 Å². The van der Waals surface area contributed by atoms with E-state index in [4.69, 9.17) is 34.0 Å². The number of alkyl halides is 12. The Morgan fingerprint density at radius 3 is 0.992 bits per heavy atom. The van der Waals surface area contributed by atoms with Crippen molar-refractivity contribution in [3.63, 3.8) is 0 Å². The quantitative estimate of drug-likeness (QED) is 0.0111. The lowest BCUT2D eigenvalue weighted by molar-refractivity contribution is -0.142. The molecule has 128 heavy (non-hydrogen) atoms. The van der Waals surface area contributed by atoms with Crippen molar-refractivity contribution in [1.82, 2.24) is 56.7 Å². The highest BCUT2D eigenvalue weighted by molar-refractivity contribution is 6.02. The molecule has 0 aliphatic heterocycles. The Labute approximate surface area is 728 Å². The number of carbonyl (C=O) groups excluding carboxylic acids is 6. The van der Waals surface area contributed by atoms with Crippen molar-refractivity contribution in [2.75, 3.05) is 49.5 Å². The van der Waals surface area contributed by atoms with Crippen molar-refractivity contribution in [3.05, 3.63) is 239 Å². The number of nitrogens with one attached hydrogen (secondary N) is 8. The molecule has 2 heterocycles. The number of carbonyl (C=O) groups is 7. The molecule has 0 saturated carbocycles. The third kappa shape index (κ3) is 31.9. The van der Waals surface area contributed by atoms with Gasteiger partial charge in [0.25, 0.3) is 17.7 Å². The lowest BCUT2D eigenvalue weighted by atomic mass is 10.1. The number of halogens is 12. The van der Waals surface area contributed by atoms with Gasteiger partial charge < -0.3 is 54.7 Å². The Hall–Kier alpha value is -14.0. The second kappa shape index (κ2) is 44.2. The van der Waals surface area contributed by atoms with E-state index >= 15 is 0 Å². The zero-order valence-corrected chi connectivity index (χ0v) is 72.4. The van der Waals surface area contributed by atoms with Crippen LogP contribution in [0.4, 0.5) is 113 Å². The third-order valence-electron chi connectivity index (χ3n) is 17.6. The minimum Gasteiger partial charge on any atom is -0.480 e. The van der Waals surface area contributed by atoms with Crippen LogP contribution < -0.4 is 48.7 Å². The molecule has 10 aromatic rings. The van der Waals surface area contributed by atoms with E-state index in [2.05, 4.69) is 57.8 Å². The minimum absolute atomic E-state index is 0.0914. The van der Waals surface area contributed by atoms with Crippen LogP contribution in [0.5, 0.6) is 0 Å². The number of ether oxygens (including phenoxy) is 3. The molecule has 41 heteroatoms. The number of para-hydroxylation sites is 4. The van der Waals surface area contributed by atoms with Crippen LogP contribution in [0.3, 0.4) is 0 Å². The zero-order valence-electron chi connectivity index (χ0n) is 72.4. The lowest BCUT2D eigenvalue weighted by Crippen LogP contribution is -2.52. The van der Waals surface area contributed by atoms with Gasteiger partial charge >= 0.3 is 49.0 Å². The fourth-order valence-corrected chi connectivity index (χ4v) is 10.2. The lowest BCUT2D eigenvalue weighted by Gasteiger charge is -2.28. The summed E-state index contributed by atoms with van der Waals surface area (Å²) in [6.45, 7) is 22.1. The highest BCUT2D eigenvalue weighted by Crippen LogP contribution is 2.38. The second-order valence-corrected chi connectivity index (χ2v) is 30.9. The number of likely N-dealkylation sites (N-methyl/N-ethyl adjacent to an activating group) is 2. The van der Waals surface area contributed by atoms with Crippen LogP contribution in [-0.2, 0) is 48.5 Å². The second-order valence-electron chi connectivity index (χ2n) is 30.9. The number of aliphatic carboxylic acids is 1. The first kappa shape index (κ1) is 103. The number of amides is 6. The summed E-state index contributed by atoms with van der Waals surface area (Å²) in [5, 5.41) is 39.8. The maximum atomic E-state index is 12.8. The summed E-state index contributed by atoms with van der Waals surface area (Å²) in [5.41, 5.74) is 6.97. The maximum Gasteiger partial charge on any atom is 0.416 e. The van der Waals surface area contributed by atoms with Crippen LogP contribution >= 0.6 is 0 Å². The Morgan fingerprint density at radius 2 is 0.672 bits per heavy atom. The van der Waals surface area contributed by atoms with Gasteiger partial charge in [0, 0.05) is 43.9 Å². The van der Waals surface area contributed by atoms with Gasteiger partial charge in [-0.25, -0.2) is 25.0 Å². The topological polar surface area (TPSA) is 377 Å². The normalized spacial score (nSPS) is 12.5. The largest absolute Gasteiger partial charge is 0.480 e. The molecular weight excluding hydrogens is 1710 g/mol. The molecule has 8 aromatic carbocycles. The maximum absolute atomic E-state index is 12.8. The molecule has 2 aromatic heterocycles. The number of rotatable bonds is 20. The van der Waals surface area contributed by atoms with E-state index in [9.17, 15) is 86.2 Å². The number of hydrazine groups is 2. The van der Waals surface area contributed by atoms with Gasteiger partial charge in [0.1, 0.15) is 34.9 Å². The first-order valence-electron chi connectivity index (χ1n) is 38.7. The molecule has 0 fully saturated rings. The van der Waals surface area contributed by atoms with E-state index in [1.165, 1.54) is 87.4 Å². The SMILES string of the molecule is CC(C(=O)NNC(=O)c1ccccc1Nc1ccc(C(F)(F)F)cc1)N(C)C(=O)OC(C)(C)C.CC(C(=O)O)N(C)C(=O)OC(C)(C)C.CC(c1nnc(-c2ccccc2Nc2ccc(C(F)(F)F)cc2)o1)N(C)C(=O)OC(C)(C)C.CNC(C)c1nnc(-c2ccccc2Nc2ccc(C(F)(F)F)cc2)o1.NNC(=O)c1ccccc1Nc1ccc(C(F)(F)F)cc1. The molecule has 0 radical (unpaired) electrons. The fourth-order valence-electron chi connectivity index (χ4n) is 10.2. The summed E-state index contributed by atoms with van der Waals surface area (Å²) in [5.74, 6) is 3.39. The first-order chi connectivity index (χ1) is 59.5. The van der Waals surface area contributed by atoms with Crippen molar-refractivity contribution < 1.29 is 114 Å². The molecule has 688 valence electrons. The number of hydrogen-bond donors (Lipinski definition) is 10. The van der Waals surface area contributed by atoms with Crippen LogP contribution in [-0.4, -0.2) is 139 Å². The van der Waals surface area contributed by atoms with E-state index in [1.54, 1.807) is 162 Å². The van der Waals surface area contributed by atoms with Crippen molar-refractivity contribution in [2.45, 2.75) is 156 Å². The number of anilines is 8. The van der Waals surface area contributed by atoms with Crippen LogP contribution in [0.1, 0.15) is 157 Å². The highest BCUT2D eigenvalue weighted by atomic mass is 19.4. The Balaban J connectivity index is 0.000000254. The predicted molar refractivity (Wildman–Crippen MR) is 453 cm³/mol. The third-order valence-corrected chi connectivity index (χ3v) is 17.6. The van der Waals surface area contributed by atoms with Crippen molar-refractivity contribution in [3.8, 4) is 22.9 Å². The summed E-state index contributed by atoms with van der Waals surface area (Å²) < 4.78 is 179. The minimum atomic E-state index is -4.46. The average molecular weight is 1800 g/mol. The van der Waals surface area contributed by atoms with Gasteiger partial charge in [0.05, 0.1) is 73.3 Å². The molecular formula is C87H98F12N16O13. The van der Waals surface area contributed by atoms with Gasteiger partial charge in [0.15, 0.2) is 0 Å². The summed E-state index contributed by atoms with van der Waals surface area (Å²) in [4.78, 5) is 86.5. The number of nitrogen functional groups attached to an aromatic ring is 1. The number of nitrogens with two attached hydrogens (primary N) is 1. The standard InChI is InChI=1S/C23H27F3N4O4.C23H25F3N4O3.C18H17F3N4O.C14H12F3N3O.C9H17NO4/c1-14(30(5)21(33)34-22(2,3)4)19(31)28-29-20(32)17-8-6-7-9-18(17)27-16-12-10-15(11-13-16)23(24,25)26;1-14(30(5)21(31)33-22(2,3)4)19-28-29-20(32-19)17-8-6-7-9-18(17)27-16-12-10-15(11-13-16)23(24,25)26;1-11(22-2)16-24-25-17(26-16)14-5-3-4-6-15(14)23-13-9-7-12(8-10-13)18(19,20)21;15-14(16,17)9-5-7-10(8-6-9)19-12-4-2-1-3-11(12)13(21)20-18;1-6(7(11)12)10(5)8(13)14-9(2,3)4/h6-14,27H,1-5H3,(H,28,31)(H,29,32);6-14,27H,1-5H3;3-11,22-23H,1-2H3;1-8,19H,18H2,(H,20,21);6H,1-5H3,(H,11,12). The number of carboxylic acid groups (broad SMARTS) is 1. The molecule has 0 spiro atoms.